The number of halogens is 1. The van der Waals surface area contributed by atoms with Crippen LogP contribution in [-0.2, 0) is 11.3 Å². The van der Waals surface area contributed by atoms with Crippen LogP contribution in [0.3, 0.4) is 0 Å². The van der Waals surface area contributed by atoms with Crippen LogP contribution >= 0.6 is 24.0 Å². The van der Waals surface area contributed by atoms with Crippen molar-refractivity contribution in [1.82, 2.24) is 15.5 Å². The second-order valence-electron chi connectivity index (χ2n) is 6.23. The van der Waals surface area contributed by atoms with Crippen LogP contribution in [0.4, 0.5) is 0 Å². The summed E-state index contributed by atoms with van der Waals surface area (Å²) >= 11 is 0. The van der Waals surface area contributed by atoms with Crippen LogP contribution < -0.4 is 15.4 Å². The van der Waals surface area contributed by atoms with E-state index < -0.39 is 0 Å². The van der Waals surface area contributed by atoms with Crippen molar-refractivity contribution in [3.8, 4) is 5.75 Å². The second kappa shape index (κ2) is 13.2. The van der Waals surface area contributed by atoms with Gasteiger partial charge >= 0.3 is 0 Å². The number of guanidine groups is 1. The van der Waals surface area contributed by atoms with Gasteiger partial charge in [0, 0.05) is 39.3 Å². The van der Waals surface area contributed by atoms with Crippen LogP contribution in [0.15, 0.2) is 29.3 Å². The van der Waals surface area contributed by atoms with E-state index >= 15 is 0 Å². The standard InChI is InChI=1S/C19H32N4O2.HI/c1-4-20-19(22-15-16-6-5-7-18(14-16)25-3)21-10-11-23(12-13-24-2)17-8-9-17;/h5-7,14,17H,4,8-13,15H2,1-3H3,(H2,20,21,22);1H. The van der Waals surface area contributed by atoms with Crippen molar-refractivity contribution in [2.45, 2.75) is 32.4 Å². The van der Waals surface area contributed by atoms with E-state index in [-0.39, 0.29) is 24.0 Å². The van der Waals surface area contributed by atoms with E-state index in [2.05, 4.69) is 33.5 Å². The largest absolute Gasteiger partial charge is 0.497 e. The van der Waals surface area contributed by atoms with Gasteiger partial charge in [-0.15, -0.1) is 24.0 Å². The zero-order valence-corrected chi connectivity index (χ0v) is 18.5. The summed E-state index contributed by atoms with van der Waals surface area (Å²) in [6.07, 6.45) is 2.63. The van der Waals surface area contributed by atoms with Crippen molar-refractivity contribution in [1.29, 1.82) is 0 Å². The molecule has 0 aromatic heterocycles. The summed E-state index contributed by atoms with van der Waals surface area (Å²) in [7, 11) is 3.45. The molecule has 1 aliphatic rings. The third-order valence-corrected chi connectivity index (χ3v) is 4.24. The molecular formula is C19H33IN4O2. The quantitative estimate of drug-likeness (QED) is 0.292. The number of rotatable bonds is 11. The lowest BCUT2D eigenvalue weighted by molar-refractivity contribution is 0.144. The Balaban J connectivity index is 0.00000338. The lowest BCUT2D eigenvalue weighted by Crippen LogP contribution is -2.42. The molecule has 1 aromatic rings. The maximum atomic E-state index is 5.27. The Kier molecular flexibility index (Phi) is 11.6. The molecular weight excluding hydrogens is 443 g/mol. The average Bonchev–Trinajstić information content (AvgIpc) is 3.47. The lowest BCUT2D eigenvalue weighted by atomic mass is 10.2. The van der Waals surface area contributed by atoms with Crippen LogP contribution in [0.1, 0.15) is 25.3 Å². The van der Waals surface area contributed by atoms with Gasteiger partial charge in [-0.05, 0) is 37.5 Å². The Bertz CT molecular complexity index is 538. The van der Waals surface area contributed by atoms with Gasteiger partial charge in [-0.25, -0.2) is 4.99 Å². The molecule has 0 spiro atoms. The summed E-state index contributed by atoms with van der Waals surface area (Å²) in [4.78, 5) is 7.18. The zero-order valence-electron chi connectivity index (χ0n) is 16.2. The van der Waals surface area contributed by atoms with Crippen molar-refractivity contribution in [3.05, 3.63) is 29.8 Å². The van der Waals surface area contributed by atoms with Crippen LogP contribution in [0.25, 0.3) is 0 Å². The van der Waals surface area contributed by atoms with Crippen molar-refractivity contribution >= 4 is 29.9 Å². The minimum atomic E-state index is 0. The van der Waals surface area contributed by atoms with Gasteiger partial charge in [-0.2, -0.15) is 0 Å². The van der Waals surface area contributed by atoms with Gasteiger partial charge in [0.1, 0.15) is 5.75 Å². The van der Waals surface area contributed by atoms with E-state index in [4.69, 9.17) is 9.47 Å². The van der Waals surface area contributed by atoms with Gasteiger partial charge in [0.25, 0.3) is 0 Å². The Morgan fingerprint density at radius 3 is 2.69 bits per heavy atom. The molecule has 1 aliphatic carbocycles. The highest BCUT2D eigenvalue weighted by Crippen LogP contribution is 2.25. The Labute approximate surface area is 174 Å². The molecule has 1 aromatic carbocycles. The zero-order chi connectivity index (χ0) is 17.9. The maximum absolute atomic E-state index is 5.27. The first kappa shape index (κ1) is 23.0. The van der Waals surface area contributed by atoms with E-state index in [0.29, 0.717) is 6.54 Å². The predicted octanol–water partition coefficient (Wildman–Crippen LogP) is 2.48. The average molecular weight is 476 g/mol. The molecule has 0 unspecified atom stereocenters. The fraction of sp³-hybridized carbons (Fsp3) is 0.632. The fourth-order valence-corrected chi connectivity index (χ4v) is 2.73. The van der Waals surface area contributed by atoms with Crippen LogP contribution in [0.5, 0.6) is 5.75 Å². The van der Waals surface area contributed by atoms with E-state index in [1.165, 1.54) is 12.8 Å². The van der Waals surface area contributed by atoms with Gasteiger partial charge in [0.2, 0.25) is 0 Å². The minimum Gasteiger partial charge on any atom is -0.497 e. The molecule has 1 fully saturated rings. The molecule has 0 amide bonds. The number of methoxy groups -OCH3 is 2. The van der Waals surface area contributed by atoms with E-state index in [0.717, 1.165) is 56.1 Å². The van der Waals surface area contributed by atoms with Gasteiger partial charge in [0.15, 0.2) is 5.96 Å². The topological polar surface area (TPSA) is 58.1 Å². The SMILES string of the molecule is CCNC(=NCc1cccc(OC)c1)NCCN(CCOC)C1CC1.I. The Hall–Kier alpha value is -1.06. The van der Waals surface area contributed by atoms with Crippen LogP contribution in [0, 0.1) is 0 Å². The first-order valence-electron chi connectivity index (χ1n) is 9.15. The molecule has 2 N–H and O–H groups in total. The molecule has 2 rings (SSSR count). The number of benzene rings is 1. The first-order chi connectivity index (χ1) is 12.3. The highest BCUT2D eigenvalue weighted by atomic mass is 127. The summed E-state index contributed by atoms with van der Waals surface area (Å²) in [6, 6.07) is 8.77. The fourth-order valence-electron chi connectivity index (χ4n) is 2.73. The van der Waals surface area contributed by atoms with Crippen molar-refractivity contribution in [2.75, 3.05) is 47.0 Å². The molecule has 7 heteroatoms. The minimum absolute atomic E-state index is 0. The summed E-state index contributed by atoms with van der Waals surface area (Å²) in [6.45, 7) is 7.24. The van der Waals surface area contributed by atoms with E-state index in [1.807, 2.05) is 18.2 Å². The number of hydrogen-bond acceptors (Lipinski definition) is 4. The monoisotopic (exact) mass is 476 g/mol. The summed E-state index contributed by atoms with van der Waals surface area (Å²) < 4.78 is 10.5. The lowest BCUT2D eigenvalue weighted by Gasteiger charge is -2.22. The molecule has 0 heterocycles. The molecule has 0 radical (unpaired) electrons. The van der Waals surface area contributed by atoms with Gasteiger partial charge in [-0.3, -0.25) is 4.90 Å². The molecule has 0 saturated heterocycles. The highest BCUT2D eigenvalue weighted by molar-refractivity contribution is 14.0. The molecule has 0 atom stereocenters. The Morgan fingerprint density at radius 2 is 2.04 bits per heavy atom. The molecule has 0 bridgehead atoms. The molecule has 6 nitrogen and oxygen atoms in total. The number of hydrogen-bond donors (Lipinski definition) is 2. The van der Waals surface area contributed by atoms with Crippen molar-refractivity contribution < 1.29 is 9.47 Å². The first-order valence-corrected chi connectivity index (χ1v) is 9.15. The van der Waals surface area contributed by atoms with Crippen molar-refractivity contribution in [2.24, 2.45) is 4.99 Å². The molecule has 26 heavy (non-hydrogen) atoms. The van der Waals surface area contributed by atoms with Crippen LogP contribution in [-0.4, -0.2) is 63.9 Å². The third kappa shape index (κ3) is 8.55. The molecule has 1 saturated carbocycles. The number of nitrogens with one attached hydrogen (secondary N) is 2. The number of aliphatic imine (C=N–C) groups is 1. The maximum Gasteiger partial charge on any atom is 0.191 e. The van der Waals surface area contributed by atoms with E-state index in [9.17, 15) is 0 Å². The van der Waals surface area contributed by atoms with E-state index in [1.54, 1.807) is 14.2 Å². The highest BCUT2D eigenvalue weighted by Gasteiger charge is 2.28. The Morgan fingerprint density at radius 1 is 1.23 bits per heavy atom. The van der Waals surface area contributed by atoms with Crippen LogP contribution in [0.2, 0.25) is 0 Å². The van der Waals surface area contributed by atoms with Crippen molar-refractivity contribution in [3.63, 3.8) is 0 Å². The summed E-state index contributed by atoms with van der Waals surface area (Å²) in [5, 5.41) is 6.74. The third-order valence-electron chi connectivity index (χ3n) is 4.24. The normalized spacial score (nSPS) is 14.1. The van der Waals surface area contributed by atoms with Gasteiger partial charge in [0.05, 0.1) is 20.3 Å². The second-order valence-corrected chi connectivity index (χ2v) is 6.23. The number of nitrogens with zero attached hydrogens (tertiary/aromatic N) is 2. The van der Waals surface area contributed by atoms with Gasteiger partial charge in [-0.1, -0.05) is 12.1 Å². The smallest absolute Gasteiger partial charge is 0.191 e. The number of ether oxygens (including phenoxy) is 2. The summed E-state index contributed by atoms with van der Waals surface area (Å²) in [5.41, 5.74) is 1.14. The van der Waals surface area contributed by atoms with Gasteiger partial charge < -0.3 is 20.1 Å². The molecule has 148 valence electrons. The predicted molar refractivity (Wildman–Crippen MR) is 118 cm³/mol. The summed E-state index contributed by atoms with van der Waals surface area (Å²) in [5.74, 6) is 1.72. The molecule has 0 aliphatic heterocycles.